The average Bonchev–Trinajstić information content (AvgIpc) is 2.93. The van der Waals surface area contributed by atoms with Gasteiger partial charge >= 0.3 is 0 Å². The number of rotatable bonds is 7. The van der Waals surface area contributed by atoms with E-state index in [-0.39, 0.29) is 17.3 Å². The van der Waals surface area contributed by atoms with Crippen molar-refractivity contribution in [2.75, 3.05) is 13.2 Å². The van der Waals surface area contributed by atoms with Crippen LogP contribution in [-0.4, -0.2) is 41.3 Å². The molecule has 0 bridgehead atoms. The van der Waals surface area contributed by atoms with E-state index in [1.54, 1.807) is 26.0 Å². The minimum atomic E-state index is -4.50. The van der Waals surface area contributed by atoms with Crippen molar-refractivity contribution in [3.8, 4) is 22.8 Å². The lowest BCUT2D eigenvalue weighted by Crippen LogP contribution is -2.30. The Morgan fingerprint density at radius 3 is 2.64 bits per heavy atom. The van der Waals surface area contributed by atoms with Gasteiger partial charge in [-0.05, 0) is 49.2 Å². The molecule has 0 saturated carbocycles. The quantitative estimate of drug-likeness (QED) is 0.340. The van der Waals surface area contributed by atoms with Crippen LogP contribution in [0.5, 0.6) is 11.6 Å². The molecule has 1 atom stereocenters. The van der Waals surface area contributed by atoms with Gasteiger partial charge in [-0.3, -0.25) is 9.36 Å². The molecular weight excluding hydrogens is 525 g/mol. The van der Waals surface area contributed by atoms with E-state index in [1.165, 1.54) is 35.0 Å². The topological polar surface area (TPSA) is 121 Å². The van der Waals surface area contributed by atoms with Gasteiger partial charge in [-0.15, -0.1) is 0 Å². The predicted octanol–water partition coefficient (Wildman–Crippen LogP) is 4.20. The number of aromatic nitrogens is 3. The Morgan fingerprint density at radius 2 is 1.90 bits per heavy atom. The molecule has 0 amide bonds. The number of fused-ring (bicyclic) bond motifs is 1. The van der Waals surface area contributed by atoms with Crippen LogP contribution in [0.2, 0.25) is 0 Å². The number of sulfone groups is 1. The zero-order chi connectivity index (χ0) is 27.7. The molecule has 3 heterocycles. The molecule has 0 unspecified atom stereocenters. The molecule has 0 radical (unpaired) electrons. The van der Waals surface area contributed by atoms with E-state index >= 15 is 0 Å². The number of benzene rings is 2. The maximum Gasteiger partial charge on any atom is 0.296 e. The number of ether oxygens (including phenoxy) is 2. The van der Waals surface area contributed by atoms with E-state index in [1.807, 2.05) is 18.2 Å². The Morgan fingerprint density at radius 1 is 1.15 bits per heavy atom. The van der Waals surface area contributed by atoms with E-state index in [2.05, 4.69) is 9.97 Å². The molecule has 1 aliphatic heterocycles. The van der Waals surface area contributed by atoms with Gasteiger partial charge in [-0.25, -0.2) is 13.4 Å². The molecule has 0 spiro atoms. The van der Waals surface area contributed by atoms with Crippen LogP contribution in [0, 0.1) is 12.9 Å². The lowest BCUT2D eigenvalue weighted by atomic mass is 10.00. The Labute approximate surface area is 224 Å². The summed E-state index contributed by atoms with van der Waals surface area (Å²) < 4.78 is 53.9. The summed E-state index contributed by atoms with van der Waals surface area (Å²) in [5, 5.41) is 11.4. The Kier molecular flexibility index (Phi) is 7.19. The summed E-state index contributed by atoms with van der Waals surface area (Å²) >= 11 is 0. The summed E-state index contributed by atoms with van der Waals surface area (Å²) in [6, 6.07) is 13.9. The summed E-state index contributed by atoms with van der Waals surface area (Å²) in [5.41, 5.74) is 1.07. The first kappa shape index (κ1) is 26.5. The van der Waals surface area contributed by atoms with E-state index in [0.29, 0.717) is 42.1 Å². The third-order valence-corrected chi connectivity index (χ3v) is 8.48. The standard InChI is InChI=1S/C28H26FN3O6S/c1-3-37-16-24-31-27(33)25(28(34)32(24)22-13-15-38-23-7-5-4-6-21(22)23)39(35,36)19-10-8-18(9-11-19)20-12-14-30-26(29)17(20)2/h4-12,14,22,34H,3,13,15-16H2,1-2H3/t22-/m0/s1. The first-order chi connectivity index (χ1) is 18.7. The zero-order valence-electron chi connectivity index (χ0n) is 21.3. The summed E-state index contributed by atoms with van der Waals surface area (Å²) in [6.45, 7) is 3.90. The molecule has 0 aliphatic carbocycles. The maximum atomic E-state index is 13.9. The zero-order valence-corrected chi connectivity index (χ0v) is 22.1. The van der Waals surface area contributed by atoms with Crippen LogP contribution >= 0.6 is 0 Å². The molecule has 2 aromatic heterocycles. The van der Waals surface area contributed by atoms with Gasteiger partial charge in [0, 0.05) is 30.4 Å². The normalized spacial score (nSPS) is 15.0. The molecule has 9 nitrogen and oxygen atoms in total. The van der Waals surface area contributed by atoms with Crippen molar-refractivity contribution in [2.24, 2.45) is 0 Å². The van der Waals surface area contributed by atoms with Crippen LogP contribution in [0.4, 0.5) is 4.39 Å². The summed E-state index contributed by atoms with van der Waals surface area (Å²) in [4.78, 5) is 19.7. The van der Waals surface area contributed by atoms with Crippen LogP contribution in [0.25, 0.3) is 11.1 Å². The highest BCUT2D eigenvalue weighted by atomic mass is 32.2. The first-order valence-corrected chi connectivity index (χ1v) is 13.8. The van der Waals surface area contributed by atoms with Gasteiger partial charge in [-0.1, -0.05) is 30.3 Å². The van der Waals surface area contributed by atoms with E-state index in [9.17, 15) is 22.7 Å². The van der Waals surface area contributed by atoms with E-state index in [0.717, 1.165) is 5.56 Å². The predicted molar refractivity (Wildman–Crippen MR) is 140 cm³/mol. The molecule has 0 fully saturated rings. The fourth-order valence-corrected chi connectivity index (χ4v) is 6.10. The highest BCUT2D eigenvalue weighted by Gasteiger charge is 2.34. The molecule has 1 aliphatic rings. The first-order valence-electron chi connectivity index (χ1n) is 12.3. The van der Waals surface area contributed by atoms with Crippen molar-refractivity contribution in [3.05, 3.63) is 94.0 Å². The van der Waals surface area contributed by atoms with E-state index in [4.69, 9.17) is 9.47 Å². The van der Waals surface area contributed by atoms with Crippen LogP contribution in [-0.2, 0) is 21.2 Å². The van der Waals surface area contributed by atoms with Gasteiger partial charge in [-0.2, -0.15) is 9.37 Å². The molecule has 39 heavy (non-hydrogen) atoms. The lowest BCUT2D eigenvalue weighted by Gasteiger charge is -2.30. The molecule has 11 heteroatoms. The van der Waals surface area contributed by atoms with Crippen LogP contribution in [0.15, 0.2) is 75.4 Å². The summed E-state index contributed by atoms with van der Waals surface area (Å²) in [7, 11) is -4.50. The van der Waals surface area contributed by atoms with Gasteiger partial charge in [0.15, 0.2) is 4.90 Å². The molecule has 202 valence electrons. The second-order valence-electron chi connectivity index (χ2n) is 8.99. The molecule has 2 aromatic carbocycles. The average molecular weight is 552 g/mol. The van der Waals surface area contributed by atoms with Gasteiger partial charge in [0.25, 0.3) is 5.56 Å². The highest BCUT2D eigenvalue weighted by Crippen LogP contribution is 2.39. The molecule has 5 rings (SSSR count). The number of aromatic hydroxyl groups is 1. The van der Waals surface area contributed by atoms with Crippen molar-refractivity contribution in [1.82, 2.24) is 14.5 Å². The van der Waals surface area contributed by atoms with Crippen LogP contribution in [0.1, 0.15) is 36.3 Å². The molecule has 0 saturated heterocycles. The van der Waals surface area contributed by atoms with Gasteiger partial charge < -0.3 is 14.6 Å². The van der Waals surface area contributed by atoms with Crippen molar-refractivity contribution < 1.29 is 27.4 Å². The minimum absolute atomic E-state index is 0.101. The highest BCUT2D eigenvalue weighted by molar-refractivity contribution is 7.91. The van der Waals surface area contributed by atoms with Crippen molar-refractivity contribution in [3.63, 3.8) is 0 Å². The number of para-hydroxylation sites is 1. The third kappa shape index (κ3) is 4.79. The smallest absolute Gasteiger partial charge is 0.296 e. The largest absolute Gasteiger partial charge is 0.493 e. The van der Waals surface area contributed by atoms with Crippen LogP contribution < -0.4 is 10.3 Å². The second kappa shape index (κ2) is 10.6. The fourth-order valence-electron chi connectivity index (χ4n) is 4.75. The number of hydrogen-bond acceptors (Lipinski definition) is 8. The minimum Gasteiger partial charge on any atom is -0.493 e. The van der Waals surface area contributed by atoms with Crippen molar-refractivity contribution in [1.29, 1.82) is 0 Å². The summed E-state index contributed by atoms with van der Waals surface area (Å²) in [5.74, 6) is -0.646. The van der Waals surface area contributed by atoms with Crippen molar-refractivity contribution >= 4 is 9.84 Å². The maximum absolute atomic E-state index is 13.9. The second-order valence-corrected chi connectivity index (χ2v) is 10.9. The Bertz CT molecular complexity index is 1700. The molecule has 4 aromatic rings. The number of pyridine rings is 1. The van der Waals surface area contributed by atoms with Gasteiger partial charge in [0.2, 0.25) is 21.7 Å². The fraction of sp³-hybridized carbons (Fsp3) is 0.250. The van der Waals surface area contributed by atoms with Gasteiger partial charge in [0.1, 0.15) is 18.2 Å². The number of halogens is 1. The third-order valence-electron chi connectivity index (χ3n) is 6.69. The van der Waals surface area contributed by atoms with Crippen LogP contribution in [0.3, 0.4) is 0 Å². The van der Waals surface area contributed by atoms with E-state index < -0.39 is 38.2 Å². The number of nitrogens with zero attached hydrogens (tertiary/aromatic N) is 3. The molecular formula is C28H26FN3O6S. The monoisotopic (exact) mass is 551 g/mol. The lowest BCUT2D eigenvalue weighted by molar-refractivity contribution is 0.120. The Hall–Kier alpha value is -4.09. The number of hydrogen-bond donors (Lipinski definition) is 1. The SMILES string of the molecule is CCOCc1nc(=O)c(S(=O)(=O)c2ccc(-c3ccnc(F)c3C)cc2)c(O)n1[C@H]1CCOc2ccccc21. The van der Waals surface area contributed by atoms with Gasteiger partial charge in [0.05, 0.1) is 17.5 Å². The Balaban J connectivity index is 1.64. The van der Waals surface area contributed by atoms with Crippen molar-refractivity contribution in [2.45, 2.75) is 42.7 Å². The molecule has 1 N–H and O–H groups in total. The summed E-state index contributed by atoms with van der Waals surface area (Å²) in [6.07, 6.45) is 1.73.